The molecule has 0 aliphatic carbocycles. The van der Waals surface area contributed by atoms with Crippen LogP contribution in [0.25, 0.3) is 0 Å². The number of rotatable bonds is 14. The van der Waals surface area contributed by atoms with Crippen molar-refractivity contribution < 1.29 is 18.3 Å². The third-order valence-corrected chi connectivity index (χ3v) is 4.48. The first-order valence-corrected chi connectivity index (χ1v) is 9.35. The van der Waals surface area contributed by atoms with Crippen LogP contribution < -0.4 is 0 Å². The highest BCUT2D eigenvalue weighted by Gasteiger charge is 2.10. The molecule has 0 aromatic rings. The van der Waals surface area contributed by atoms with E-state index < -0.39 is 16.3 Å². The fraction of sp³-hybridized carbons (Fsp3) is 0.875. The lowest BCUT2D eigenvalue weighted by molar-refractivity contribution is -0.129. The lowest BCUT2D eigenvalue weighted by Crippen LogP contribution is -2.13. The molecule has 0 saturated carbocycles. The average molecular weight is 318 g/mol. The zero-order valence-corrected chi connectivity index (χ0v) is 14.1. The number of carboxylic acid groups (broad SMARTS) is 1. The van der Waals surface area contributed by atoms with Crippen molar-refractivity contribution in [1.82, 2.24) is 0 Å². The van der Waals surface area contributed by atoms with Gasteiger partial charge >= 0.3 is 5.97 Å². The monoisotopic (exact) mass is 318 g/mol. The summed E-state index contributed by atoms with van der Waals surface area (Å²) < 4.78 is 21.3. The van der Waals surface area contributed by atoms with Gasteiger partial charge in [-0.15, -0.1) is 0 Å². The minimum absolute atomic E-state index is 0.156. The predicted octanol–water partition coefficient (Wildman–Crippen LogP) is 4.21. The lowest BCUT2D eigenvalue weighted by atomic mass is 10.0. The molecule has 0 aromatic heterocycles. The van der Waals surface area contributed by atoms with Crippen molar-refractivity contribution in [3.63, 3.8) is 0 Å². The maximum absolute atomic E-state index is 10.7. The predicted molar refractivity (Wildman–Crippen MR) is 87.3 cm³/mol. The minimum Gasteiger partial charge on any atom is -0.477 e. The molecular weight excluding hydrogens is 288 g/mol. The van der Waals surface area contributed by atoms with E-state index in [1.54, 1.807) is 0 Å². The Morgan fingerprint density at radius 2 is 1.14 bits per heavy atom. The molecule has 1 N–H and O–H groups in total. The summed E-state index contributed by atoms with van der Waals surface area (Å²) in [4.78, 5) is 10.3. The van der Waals surface area contributed by atoms with Crippen molar-refractivity contribution in [2.45, 2.75) is 90.4 Å². The van der Waals surface area contributed by atoms with E-state index >= 15 is 0 Å². The SMILES string of the molecule is CCCCCCCCCCCCCCC(C(=O)O)=S(=O)=O. The lowest BCUT2D eigenvalue weighted by Gasteiger charge is -2.02. The van der Waals surface area contributed by atoms with Crippen molar-refractivity contribution in [2.24, 2.45) is 0 Å². The Morgan fingerprint density at radius 3 is 1.48 bits per heavy atom. The third kappa shape index (κ3) is 12.6. The van der Waals surface area contributed by atoms with Gasteiger partial charge < -0.3 is 5.11 Å². The Kier molecular flexibility index (Phi) is 13.5. The van der Waals surface area contributed by atoms with Crippen LogP contribution in [0, 0.1) is 0 Å². The highest BCUT2D eigenvalue weighted by molar-refractivity contribution is 7.74. The van der Waals surface area contributed by atoms with Gasteiger partial charge in [-0.25, -0.2) is 4.79 Å². The first kappa shape index (κ1) is 20.2. The molecule has 21 heavy (non-hydrogen) atoms. The van der Waals surface area contributed by atoms with Crippen molar-refractivity contribution in [3.05, 3.63) is 0 Å². The zero-order valence-electron chi connectivity index (χ0n) is 13.3. The molecule has 0 spiro atoms. The molecule has 124 valence electrons. The third-order valence-electron chi connectivity index (χ3n) is 3.70. The van der Waals surface area contributed by atoms with E-state index in [1.165, 1.54) is 51.4 Å². The van der Waals surface area contributed by atoms with Gasteiger partial charge in [-0.2, -0.15) is 8.42 Å². The number of hydrogen-bond acceptors (Lipinski definition) is 3. The summed E-state index contributed by atoms with van der Waals surface area (Å²) in [5.41, 5.74) is 0. The van der Waals surface area contributed by atoms with E-state index in [-0.39, 0.29) is 11.3 Å². The largest absolute Gasteiger partial charge is 0.477 e. The maximum Gasteiger partial charge on any atom is 0.347 e. The summed E-state index contributed by atoms with van der Waals surface area (Å²) >= 11 is 0. The van der Waals surface area contributed by atoms with Crippen molar-refractivity contribution in [1.29, 1.82) is 0 Å². The molecule has 0 amide bonds. The average Bonchev–Trinajstić information content (AvgIpc) is 2.43. The van der Waals surface area contributed by atoms with Crippen LogP contribution in [-0.2, 0) is 15.1 Å². The zero-order chi connectivity index (χ0) is 15.9. The van der Waals surface area contributed by atoms with Crippen LogP contribution in [0.4, 0.5) is 0 Å². The summed E-state index contributed by atoms with van der Waals surface area (Å²) in [7, 11) is -2.58. The van der Waals surface area contributed by atoms with Crippen LogP contribution in [0.1, 0.15) is 90.4 Å². The van der Waals surface area contributed by atoms with Gasteiger partial charge in [0.25, 0.3) is 0 Å². The molecule has 5 heteroatoms. The summed E-state index contributed by atoms with van der Waals surface area (Å²) in [6.07, 6.45) is 14.5. The molecule has 0 fully saturated rings. The van der Waals surface area contributed by atoms with Gasteiger partial charge in [0.05, 0.1) is 0 Å². The molecule has 0 aromatic carbocycles. The first-order chi connectivity index (χ1) is 10.1. The number of unbranched alkanes of at least 4 members (excludes halogenated alkanes) is 11. The molecule has 0 saturated heterocycles. The van der Waals surface area contributed by atoms with E-state index in [2.05, 4.69) is 6.92 Å². The van der Waals surface area contributed by atoms with Crippen molar-refractivity contribution in [3.8, 4) is 0 Å². The van der Waals surface area contributed by atoms with Gasteiger partial charge in [0.1, 0.15) is 0 Å². The number of carbonyl (C=O) groups is 1. The summed E-state index contributed by atoms with van der Waals surface area (Å²) in [5.74, 6) is -1.31. The molecule has 0 rings (SSSR count). The van der Waals surface area contributed by atoms with Crippen LogP contribution in [0.3, 0.4) is 0 Å². The van der Waals surface area contributed by atoms with Crippen molar-refractivity contribution >= 4 is 21.1 Å². The molecular formula is C16H30O4S. The highest BCUT2D eigenvalue weighted by Crippen LogP contribution is 2.12. The van der Waals surface area contributed by atoms with Crippen LogP contribution in [0.2, 0.25) is 0 Å². The minimum atomic E-state index is -2.58. The Hall–Kier alpha value is -0.840. The van der Waals surface area contributed by atoms with Gasteiger partial charge in [0.2, 0.25) is 10.3 Å². The normalized spacial score (nSPS) is 10.5. The second kappa shape index (κ2) is 14.1. The molecule has 0 aliphatic heterocycles. The molecule has 0 radical (unpaired) electrons. The van der Waals surface area contributed by atoms with Crippen LogP contribution in [0.5, 0.6) is 0 Å². The number of aliphatic carboxylic acids is 1. The fourth-order valence-electron chi connectivity index (χ4n) is 2.39. The van der Waals surface area contributed by atoms with Gasteiger partial charge in [0, 0.05) is 0 Å². The Balaban J connectivity index is 3.37. The summed E-state index contributed by atoms with van der Waals surface area (Å²) in [6, 6.07) is 0. The van der Waals surface area contributed by atoms with Gasteiger partial charge in [0.15, 0.2) is 4.86 Å². The van der Waals surface area contributed by atoms with Gasteiger partial charge in [-0.1, -0.05) is 77.6 Å². The number of hydrogen-bond donors (Lipinski definition) is 1. The Morgan fingerprint density at radius 1 is 0.762 bits per heavy atom. The Bertz CT molecular complexity index is 391. The van der Waals surface area contributed by atoms with E-state index in [4.69, 9.17) is 5.11 Å². The maximum atomic E-state index is 10.7. The topological polar surface area (TPSA) is 71.4 Å². The summed E-state index contributed by atoms with van der Waals surface area (Å²) in [5, 5.41) is 8.69. The molecule has 0 unspecified atom stereocenters. The van der Waals surface area contributed by atoms with Crippen molar-refractivity contribution in [2.75, 3.05) is 0 Å². The van der Waals surface area contributed by atoms with Crippen LogP contribution >= 0.6 is 0 Å². The summed E-state index contributed by atoms with van der Waals surface area (Å²) in [6.45, 7) is 2.23. The molecule has 0 bridgehead atoms. The quantitative estimate of drug-likeness (QED) is 0.384. The second-order valence-electron chi connectivity index (χ2n) is 5.60. The second-order valence-corrected chi connectivity index (χ2v) is 6.56. The first-order valence-electron chi connectivity index (χ1n) is 8.28. The van der Waals surface area contributed by atoms with E-state index in [0.717, 1.165) is 19.3 Å². The molecule has 4 nitrogen and oxygen atoms in total. The fourth-order valence-corrected chi connectivity index (χ4v) is 2.84. The van der Waals surface area contributed by atoms with E-state index in [0.29, 0.717) is 6.42 Å². The standard InChI is InChI=1S/C16H30O4S/c1-2-3-4-5-6-7-8-9-10-11-12-13-14-15(16(17)18)21(19)20/h2-14H2,1H3,(H,17,18). The van der Waals surface area contributed by atoms with E-state index in [9.17, 15) is 13.2 Å². The van der Waals surface area contributed by atoms with Gasteiger partial charge in [-0.05, 0) is 12.8 Å². The van der Waals surface area contributed by atoms with E-state index in [1.807, 2.05) is 0 Å². The van der Waals surface area contributed by atoms with Gasteiger partial charge in [-0.3, -0.25) is 0 Å². The molecule has 0 aliphatic rings. The number of carboxylic acids is 1. The highest BCUT2D eigenvalue weighted by atomic mass is 32.2. The smallest absolute Gasteiger partial charge is 0.347 e. The molecule has 0 heterocycles. The Labute approximate surface area is 130 Å². The van der Waals surface area contributed by atoms with Crippen LogP contribution in [0.15, 0.2) is 0 Å². The van der Waals surface area contributed by atoms with Crippen LogP contribution in [-0.4, -0.2) is 24.4 Å². The molecule has 0 atom stereocenters.